The van der Waals surface area contributed by atoms with E-state index in [2.05, 4.69) is 5.32 Å². The summed E-state index contributed by atoms with van der Waals surface area (Å²) in [6.07, 6.45) is 1.42. The maximum absolute atomic E-state index is 14.9. The minimum Gasteiger partial charge on any atom is -0.444 e. The summed E-state index contributed by atoms with van der Waals surface area (Å²) < 4.78 is 22.4. The van der Waals surface area contributed by atoms with E-state index in [9.17, 15) is 18.8 Å². The summed E-state index contributed by atoms with van der Waals surface area (Å²) >= 11 is 0. The van der Waals surface area contributed by atoms with Gasteiger partial charge in [-0.15, -0.1) is 0 Å². The number of nitrogens with zero attached hydrogens (tertiary/aromatic N) is 3. The highest BCUT2D eigenvalue weighted by Crippen LogP contribution is 2.35. The highest BCUT2D eigenvalue weighted by atomic mass is 19.1. The molecule has 4 amide bonds. The Balaban J connectivity index is 1.54. The van der Waals surface area contributed by atoms with Crippen molar-refractivity contribution in [3.05, 3.63) is 29.7 Å². The molecule has 172 valence electrons. The lowest BCUT2D eigenvalue weighted by atomic mass is 9.93. The van der Waals surface area contributed by atoms with Gasteiger partial charge in [-0.2, -0.15) is 0 Å². The van der Waals surface area contributed by atoms with Gasteiger partial charge in [0, 0.05) is 50.1 Å². The SMILES string of the molecule is Cn1c(C2CCN(C(=O)OC(C)(C)C)CC2)cc2cc(F)c(N3CCC(=O)NC3=O)cc21. The third-order valence-corrected chi connectivity index (χ3v) is 6.06. The molecular weight excluding hydrogens is 415 g/mol. The molecule has 2 aromatic rings. The average Bonchev–Trinajstić information content (AvgIpc) is 3.02. The van der Waals surface area contributed by atoms with Gasteiger partial charge in [0.15, 0.2) is 0 Å². The average molecular weight is 445 g/mol. The van der Waals surface area contributed by atoms with E-state index in [0.29, 0.717) is 13.1 Å². The van der Waals surface area contributed by atoms with Crippen LogP contribution in [0.15, 0.2) is 18.2 Å². The number of ether oxygens (including phenoxy) is 1. The predicted molar refractivity (Wildman–Crippen MR) is 118 cm³/mol. The number of aryl methyl sites for hydroxylation is 1. The van der Waals surface area contributed by atoms with Crippen molar-refractivity contribution >= 4 is 34.6 Å². The summed E-state index contributed by atoms with van der Waals surface area (Å²) in [5, 5.41) is 2.99. The minimum absolute atomic E-state index is 0.137. The fourth-order valence-electron chi connectivity index (χ4n) is 4.44. The number of hydrogen-bond acceptors (Lipinski definition) is 4. The highest BCUT2D eigenvalue weighted by Gasteiger charge is 2.30. The topological polar surface area (TPSA) is 83.9 Å². The number of urea groups is 1. The zero-order chi connectivity index (χ0) is 23.2. The summed E-state index contributed by atoms with van der Waals surface area (Å²) in [5.74, 6) is -0.626. The number of fused-ring (bicyclic) bond motifs is 1. The van der Waals surface area contributed by atoms with Crippen LogP contribution < -0.4 is 10.2 Å². The van der Waals surface area contributed by atoms with Crippen LogP contribution in [0.3, 0.4) is 0 Å². The van der Waals surface area contributed by atoms with Gasteiger partial charge >= 0.3 is 12.1 Å². The number of hydrogen-bond donors (Lipinski definition) is 1. The Morgan fingerprint density at radius 1 is 1.12 bits per heavy atom. The van der Waals surface area contributed by atoms with Crippen molar-refractivity contribution < 1.29 is 23.5 Å². The van der Waals surface area contributed by atoms with Crippen molar-refractivity contribution in [2.45, 2.75) is 51.6 Å². The Labute approximate surface area is 186 Å². The number of halogens is 1. The standard InChI is InChI=1S/C23H29FN4O4/c1-23(2,3)32-22(31)27-8-5-14(6-9-27)17-12-15-11-16(24)19(13-18(15)26(17)4)28-10-7-20(29)25-21(28)30/h11-14H,5-10H2,1-4H3,(H,25,29,30). The molecule has 0 bridgehead atoms. The molecule has 0 aliphatic carbocycles. The number of piperidine rings is 1. The van der Waals surface area contributed by atoms with Crippen LogP contribution in [0.1, 0.15) is 51.6 Å². The molecule has 2 saturated heterocycles. The number of amides is 4. The number of benzene rings is 1. The molecule has 1 aromatic carbocycles. The first-order chi connectivity index (χ1) is 15.0. The van der Waals surface area contributed by atoms with E-state index in [4.69, 9.17) is 4.74 Å². The van der Waals surface area contributed by atoms with Gasteiger partial charge in [0.1, 0.15) is 11.4 Å². The molecule has 2 aliphatic rings. The molecule has 2 fully saturated rings. The van der Waals surface area contributed by atoms with Crippen molar-refractivity contribution in [2.75, 3.05) is 24.5 Å². The highest BCUT2D eigenvalue weighted by molar-refractivity contribution is 6.06. The third kappa shape index (κ3) is 4.28. The molecule has 0 unspecified atom stereocenters. The van der Waals surface area contributed by atoms with E-state index in [-0.39, 0.29) is 36.6 Å². The van der Waals surface area contributed by atoms with Gasteiger partial charge in [-0.3, -0.25) is 15.0 Å². The van der Waals surface area contributed by atoms with Crippen LogP contribution in [-0.4, -0.2) is 52.7 Å². The van der Waals surface area contributed by atoms with Gasteiger partial charge in [-0.05, 0) is 51.8 Å². The van der Waals surface area contributed by atoms with E-state index in [1.807, 2.05) is 38.5 Å². The maximum Gasteiger partial charge on any atom is 0.410 e. The summed E-state index contributed by atoms with van der Waals surface area (Å²) in [5.41, 5.74) is 1.52. The summed E-state index contributed by atoms with van der Waals surface area (Å²) in [6.45, 7) is 6.91. The minimum atomic E-state index is -0.608. The van der Waals surface area contributed by atoms with Gasteiger partial charge in [-0.25, -0.2) is 14.0 Å². The van der Waals surface area contributed by atoms with E-state index in [1.165, 1.54) is 11.0 Å². The van der Waals surface area contributed by atoms with Crippen molar-refractivity contribution in [1.29, 1.82) is 0 Å². The van der Waals surface area contributed by atoms with Crippen molar-refractivity contribution in [1.82, 2.24) is 14.8 Å². The second-order valence-electron chi connectivity index (χ2n) is 9.49. The first kappa shape index (κ1) is 22.1. The quantitative estimate of drug-likeness (QED) is 0.762. The zero-order valence-electron chi connectivity index (χ0n) is 18.9. The monoisotopic (exact) mass is 444 g/mol. The molecule has 0 radical (unpaired) electrons. The van der Waals surface area contributed by atoms with Crippen LogP contribution in [0.25, 0.3) is 10.9 Å². The van der Waals surface area contributed by atoms with Gasteiger partial charge in [0.25, 0.3) is 0 Å². The molecule has 0 spiro atoms. The van der Waals surface area contributed by atoms with Crippen molar-refractivity contribution in [2.24, 2.45) is 7.05 Å². The Bertz CT molecular complexity index is 1080. The number of imide groups is 1. The molecule has 1 N–H and O–H groups in total. The fourth-order valence-corrected chi connectivity index (χ4v) is 4.44. The van der Waals surface area contributed by atoms with Gasteiger partial charge in [0.05, 0.1) is 11.2 Å². The van der Waals surface area contributed by atoms with Crippen LogP contribution in [0, 0.1) is 5.82 Å². The molecule has 3 heterocycles. The lowest BCUT2D eigenvalue weighted by Crippen LogP contribution is -2.49. The molecule has 32 heavy (non-hydrogen) atoms. The number of nitrogens with one attached hydrogen (secondary N) is 1. The number of aromatic nitrogens is 1. The molecule has 8 nitrogen and oxygen atoms in total. The van der Waals surface area contributed by atoms with Crippen LogP contribution in [-0.2, 0) is 16.6 Å². The molecule has 9 heteroatoms. The van der Waals surface area contributed by atoms with Crippen LogP contribution in [0.4, 0.5) is 19.7 Å². The van der Waals surface area contributed by atoms with E-state index in [1.54, 1.807) is 11.0 Å². The number of anilines is 1. The van der Waals surface area contributed by atoms with E-state index < -0.39 is 17.4 Å². The largest absolute Gasteiger partial charge is 0.444 e. The summed E-state index contributed by atoms with van der Waals surface area (Å²) in [7, 11) is 1.93. The first-order valence-corrected chi connectivity index (χ1v) is 10.9. The number of carbonyl (C=O) groups excluding carboxylic acids is 3. The maximum atomic E-state index is 14.9. The Morgan fingerprint density at radius 2 is 1.81 bits per heavy atom. The lowest BCUT2D eigenvalue weighted by molar-refractivity contribution is -0.120. The number of likely N-dealkylation sites (tertiary alicyclic amines) is 1. The normalized spacial score (nSPS) is 18.3. The zero-order valence-corrected chi connectivity index (χ0v) is 18.9. The van der Waals surface area contributed by atoms with Gasteiger partial charge < -0.3 is 14.2 Å². The van der Waals surface area contributed by atoms with Crippen molar-refractivity contribution in [3.63, 3.8) is 0 Å². The van der Waals surface area contributed by atoms with E-state index >= 15 is 0 Å². The third-order valence-electron chi connectivity index (χ3n) is 6.06. The van der Waals surface area contributed by atoms with Gasteiger partial charge in [-0.1, -0.05) is 0 Å². The van der Waals surface area contributed by atoms with E-state index in [0.717, 1.165) is 29.4 Å². The Hall–Kier alpha value is -3.10. The second kappa shape index (κ2) is 8.11. The molecule has 1 aromatic heterocycles. The molecule has 4 rings (SSSR count). The molecular formula is C23H29FN4O4. The number of carbonyl (C=O) groups is 3. The van der Waals surface area contributed by atoms with Crippen molar-refractivity contribution in [3.8, 4) is 0 Å². The number of rotatable bonds is 2. The lowest BCUT2D eigenvalue weighted by Gasteiger charge is -2.33. The summed E-state index contributed by atoms with van der Waals surface area (Å²) in [4.78, 5) is 38.9. The van der Waals surface area contributed by atoms with Crippen LogP contribution >= 0.6 is 0 Å². The van der Waals surface area contributed by atoms with Gasteiger partial charge in [0.2, 0.25) is 5.91 Å². The Morgan fingerprint density at radius 3 is 2.44 bits per heavy atom. The summed E-state index contributed by atoms with van der Waals surface area (Å²) in [6, 6.07) is 4.48. The predicted octanol–water partition coefficient (Wildman–Crippen LogP) is 3.88. The molecule has 0 atom stereocenters. The van der Waals surface area contributed by atoms with Crippen LogP contribution in [0.5, 0.6) is 0 Å². The Kier molecular flexibility index (Phi) is 5.60. The fraction of sp³-hybridized carbons (Fsp3) is 0.522. The molecule has 2 aliphatic heterocycles. The first-order valence-electron chi connectivity index (χ1n) is 10.9. The second-order valence-corrected chi connectivity index (χ2v) is 9.49. The molecule has 0 saturated carbocycles. The van der Waals surface area contributed by atoms with Crippen LogP contribution in [0.2, 0.25) is 0 Å². The smallest absolute Gasteiger partial charge is 0.410 e.